The molecule has 8 heteroatoms. The maximum atomic E-state index is 13.1. The van der Waals surface area contributed by atoms with Gasteiger partial charge in [0.2, 0.25) is 5.91 Å². The van der Waals surface area contributed by atoms with Crippen LogP contribution in [0.5, 0.6) is 5.75 Å². The molecular formula is C21H22N4O3S. The van der Waals surface area contributed by atoms with Crippen molar-refractivity contribution in [2.24, 2.45) is 5.73 Å². The van der Waals surface area contributed by atoms with Crippen LogP contribution in [0.1, 0.15) is 19.9 Å². The normalized spacial score (nSPS) is 16.0. The summed E-state index contributed by atoms with van der Waals surface area (Å²) in [4.78, 5) is 31.0. The molecule has 2 heterocycles. The van der Waals surface area contributed by atoms with Crippen LogP contribution < -0.4 is 15.4 Å². The Morgan fingerprint density at radius 3 is 2.69 bits per heavy atom. The van der Waals surface area contributed by atoms with E-state index in [1.165, 1.54) is 11.8 Å². The van der Waals surface area contributed by atoms with Crippen LogP contribution in [0.25, 0.3) is 11.0 Å². The maximum Gasteiger partial charge on any atom is 0.260 e. The number of thioether (sulfide) groups is 1. The lowest BCUT2D eigenvalue weighted by atomic mass is 10.2. The van der Waals surface area contributed by atoms with Crippen molar-refractivity contribution in [3.8, 4) is 5.75 Å². The van der Waals surface area contributed by atoms with Gasteiger partial charge in [0.25, 0.3) is 5.91 Å². The number of nitrogens with two attached hydrogens (primary N) is 1. The largest absolute Gasteiger partial charge is 0.477 e. The van der Waals surface area contributed by atoms with Crippen LogP contribution in [-0.4, -0.2) is 39.8 Å². The van der Waals surface area contributed by atoms with Gasteiger partial charge in [0.05, 0.1) is 29.0 Å². The van der Waals surface area contributed by atoms with E-state index in [0.29, 0.717) is 11.4 Å². The van der Waals surface area contributed by atoms with Crippen molar-refractivity contribution in [3.05, 3.63) is 48.5 Å². The number of aromatic nitrogens is 2. The molecule has 1 aliphatic rings. The SMILES string of the molecule is CC(C)n1c(SCC(=O)N2CC(C(N)=O)Oc3ccccc32)nc2ccccc21. The molecule has 3 aromatic rings. The highest BCUT2D eigenvalue weighted by molar-refractivity contribution is 7.99. The number of nitrogens with zero attached hydrogens (tertiary/aromatic N) is 3. The van der Waals surface area contributed by atoms with E-state index < -0.39 is 12.0 Å². The Morgan fingerprint density at radius 2 is 1.93 bits per heavy atom. The number of anilines is 1. The van der Waals surface area contributed by atoms with Crippen molar-refractivity contribution in [2.45, 2.75) is 31.1 Å². The van der Waals surface area contributed by atoms with Crippen molar-refractivity contribution in [1.29, 1.82) is 0 Å². The van der Waals surface area contributed by atoms with E-state index >= 15 is 0 Å². The summed E-state index contributed by atoms with van der Waals surface area (Å²) in [6.45, 7) is 4.29. The third-order valence-electron chi connectivity index (χ3n) is 4.80. The lowest BCUT2D eigenvalue weighted by Crippen LogP contribution is -2.49. The zero-order chi connectivity index (χ0) is 20.5. The number of carbonyl (C=O) groups excluding carboxylic acids is 2. The van der Waals surface area contributed by atoms with E-state index in [2.05, 4.69) is 18.4 Å². The van der Waals surface area contributed by atoms with Crippen LogP contribution in [0, 0.1) is 0 Å². The first-order chi connectivity index (χ1) is 14.0. The Labute approximate surface area is 172 Å². The van der Waals surface area contributed by atoms with Gasteiger partial charge in [-0.1, -0.05) is 36.0 Å². The fourth-order valence-electron chi connectivity index (χ4n) is 3.45. The van der Waals surface area contributed by atoms with Gasteiger partial charge in [-0.3, -0.25) is 9.59 Å². The molecule has 29 heavy (non-hydrogen) atoms. The molecule has 0 aliphatic carbocycles. The van der Waals surface area contributed by atoms with E-state index in [1.807, 2.05) is 30.3 Å². The lowest BCUT2D eigenvalue weighted by Gasteiger charge is -2.33. The third kappa shape index (κ3) is 3.67. The molecule has 1 aliphatic heterocycles. The molecule has 1 aromatic heterocycles. The van der Waals surface area contributed by atoms with Crippen LogP contribution in [0.2, 0.25) is 0 Å². The number of hydrogen-bond donors (Lipinski definition) is 1. The number of para-hydroxylation sites is 4. The Balaban J connectivity index is 1.58. The van der Waals surface area contributed by atoms with Gasteiger partial charge >= 0.3 is 0 Å². The molecule has 0 spiro atoms. The molecule has 4 rings (SSSR count). The van der Waals surface area contributed by atoms with Crippen molar-refractivity contribution >= 4 is 40.3 Å². The number of ether oxygens (including phenoxy) is 1. The zero-order valence-corrected chi connectivity index (χ0v) is 17.1. The second-order valence-corrected chi connectivity index (χ2v) is 8.06. The Morgan fingerprint density at radius 1 is 1.21 bits per heavy atom. The van der Waals surface area contributed by atoms with Crippen molar-refractivity contribution in [2.75, 3.05) is 17.2 Å². The van der Waals surface area contributed by atoms with Gasteiger partial charge in [-0.15, -0.1) is 0 Å². The van der Waals surface area contributed by atoms with Gasteiger partial charge in [0.15, 0.2) is 11.3 Å². The number of hydrogen-bond acceptors (Lipinski definition) is 5. The molecule has 0 bridgehead atoms. The molecule has 2 N–H and O–H groups in total. The number of imidazole rings is 1. The number of rotatable bonds is 5. The molecule has 1 unspecified atom stereocenters. The summed E-state index contributed by atoms with van der Waals surface area (Å²) < 4.78 is 7.77. The maximum absolute atomic E-state index is 13.1. The molecule has 0 saturated carbocycles. The van der Waals surface area contributed by atoms with Gasteiger partial charge in [0, 0.05) is 6.04 Å². The molecule has 0 radical (unpaired) electrons. The third-order valence-corrected chi connectivity index (χ3v) is 5.73. The summed E-state index contributed by atoms with van der Waals surface area (Å²) in [5.74, 6) is -0.0446. The Kier molecular flexibility index (Phi) is 5.19. The van der Waals surface area contributed by atoms with E-state index in [4.69, 9.17) is 15.5 Å². The van der Waals surface area contributed by atoms with Gasteiger partial charge in [0.1, 0.15) is 5.75 Å². The molecule has 2 amide bonds. The monoisotopic (exact) mass is 410 g/mol. The number of primary amides is 1. The molecule has 1 atom stereocenters. The molecule has 0 saturated heterocycles. The molecule has 2 aromatic carbocycles. The van der Waals surface area contributed by atoms with Crippen molar-refractivity contribution in [3.63, 3.8) is 0 Å². The number of benzene rings is 2. The summed E-state index contributed by atoms with van der Waals surface area (Å²) >= 11 is 1.39. The minimum Gasteiger partial charge on any atom is -0.477 e. The standard InChI is InChI=1S/C21H22N4O3S/c1-13(2)25-15-8-4-3-7-14(15)23-21(25)29-12-19(26)24-11-18(20(22)27)28-17-10-6-5-9-16(17)24/h3-10,13,18H,11-12H2,1-2H3,(H2,22,27). The number of fused-ring (bicyclic) bond motifs is 2. The van der Waals surface area contributed by atoms with Crippen molar-refractivity contribution in [1.82, 2.24) is 9.55 Å². The highest BCUT2D eigenvalue weighted by Crippen LogP contribution is 2.34. The number of amides is 2. The van der Waals surface area contributed by atoms with Gasteiger partial charge in [-0.25, -0.2) is 4.98 Å². The van der Waals surface area contributed by atoms with Crippen LogP contribution in [0.15, 0.2) is 53.7 Å². The van der Waals surface area contributed by atoms with Gasteiger partial charge in [-0.2, -0.15) is 0 Å². The number of carbonyl (C=O) groups is 2. The van der Waals surface area contributed by atoms with Crippen LogP contribution in [0.4, 0.5) is 5.69 Å². The predicted octanol–water partition coefficient (Wildman–Crippen LogP) is 2.99. The first-order valence-corrected chi connectivity index (χ1v) is 10.4. The highest BCUT2D eigenvalue weighted by Gasteiger charge is 2.32. The van der Waals surface area contributed by atoms with Gasteiger partial charge in [-0.05, 0) is 38.1 Å². The van der Waals surface area contributed by atoms with E-state index in [0.717, 1.165) is 16.2 Å². The first kappa shape index (κ1) is 19.3. The van der Waals surface area contributed by atoms with E-state index in [-0.39, 0.29) is 24.2 Å². The quantitative estimate of drug-likeness (QED) is 0.653. The van der Waals surface area contributed by atoms with Crippen LogP contribution >= 0.6 is 11.8 Å². The molecule has 150 valence electrons. The Bertz CT molecular complexity index is 1080. The summed E-state index contributed by atoms with van der Waals surface area (Å²) in [6.07, 6.45) is -0.862. The van der Waals surface area contributed by atoms with Crippen molar-refractivity contribution < 1.29 is 14.3 Å². The molecule has 0 fully saturated rings. The average Bonchev–Trinajstić information content (AvgIpc) is 3.09. The summed E-state index contributed by atoms with van der Waals surface area (Å²) in [7, 11) is 0. The second-order valence-electron chi connectivity index (χ2n) is 7.12. The van der Waals surface area contributed by atoms with Crippen LogP contribution in [0.3, 0.4) is 0 Å². The molecule has 7 nitrogen and oxygen atoms in total. The van der Waals surface area contributed by atoms with E-state index in [9.17, 15) is 9.59 Å². The van der Waals surface area contributed by atoms with E-state index in [1.54, 1.807) is 23.1 Å². The minimum absolute atomic E-state index is 0.104. The fourth-order valence-corrected chi connectivity index (χ4v) is 4.47. The zero-order valence-electron chi connectivity index (χ0n) is 16.2. The summed E-state index contributed by atoms with van der Waals surface area (Å²) in [5, 5.41) is 0.794. The highest BCUT2D eigenvalue weighted by atomic mass is 32.2. The molecular weight excluding hydrogens is 388 g/mol. The Hall–Kier alpha value is -3.00. The van der Waals surface area contributed by atoms with Crippen LogP contribution in [-0.2, 0) is 9.59 Å². The predicted molar refractivity (Wildman–Crippen MR) is 113 cm³/mol. The smallest absolute Gasteiger partial charge is 0.260 e. The lowest BCUT2D eigenvalue weighted by molar-refractivity contribution is -0.125. The topological polar surface area (TPSA) is 90.5 Å². The first-order valence-electron chi connectivity index (χ1n) is 9.41. The summed E-state index contributed by atoms with van der Waals surface area (Å²) in [6, 6.07) is 15.3. The minimum atomic E-state index is -0.862. The fraction of sp³-hybridized carbons (Fsp3) is 0.286. The average molecular weight is 410 g/mol. The van der Waals surface area contributed by atoms with Gasteiger partial charge < -0.3 is 19.9 Å². The summed E-state index contributed by atoms with van der Waals surface area (Å²) in [5.41, 5.74) is 8.02. The second kappa shape index (κ2) is 7.79.